The summed E-state index contributed by atoms with van der Waals surface area (Å²) in [6.07, 6.45) is 0.390. The Hall–Kier alpha value is -3.74. The number of carbonyl (C=O) groups is 1. The molecule has 0 radical (unpaired) electrons. The molecule has 1 aliphatic heterocycles. The van der Waals surface area contributed by atoms with Crippen molar-refractivity contribution < 1.29 is 14.3 Å². The zero-order valence-corrected chi connectivity index (χ0v) is 15.1. The Morgan fingerprint density at radius 1 is 1.07 bits per heavy atom. The Balaban J connectivity index is 1.49. The molecule has 0 spiro atoms. The molecule has 0 aliphatic carbocycles. The van der Waals surface area contributed by atoms with E-state index >= 15 is 0 Å². The Bertz CT molecular complexity index is 1190. The number of benzene rings is 2. The standard InChI is InChI=1S/C21H16N4O3/c1-13-11-20(26)28-17-12-15(7-8-16(13)17)27-19-10-9-18-22-23-21(25(18)24-19)14-5-3-2-4-6-14/h2-10,12-13H,11H2,1H3. The van der Waals surface area contributed by atoms with Crippen LogP contribution in [0.15, 0.2) is 60.7 Å². The molecule has 2 aromatic carbocycles. The molecule has 3 heterocycles. The fourth-order valence-corrected chi connectivity index (χ4v) is 3.31. The van der Waals surface area contributed by atoms with E-state index in [1.54, 1.807) is 22.7 Å². The second-order valence-corrected chi connectivity index (χ2v) is 6.71. The van der Waals surface area contributed by atoms with Crippen LogP contribution in [0.5, 0.6) is 17.4 Å². The smallest absolute Gasteiger partial charge is 0.311 e. The zero-order chi connectivity index (χ0) is 19.1. The third kappa shape index (κ3) is 2.87. The van der Waals surface area contributed by atoms with Crippen LogP contribution < -0.4 is 9.47 Å². The molecule has 0 amide bonds. The number of rotatable bonds is 3. The third-order valence-electron chi connectivity index (χ3n) is 4.71. The summed E-state index contributed by atoms with van der Waals surface area (Å²) in [6, 6.07) is 18.7. The summed E-state index contributed by atoms with van der Waals surface area (Å²) in [7, 11) is 0. The SMILES string of the molecule is CC1CC(=O)Oc2cc(Oc3ccc4nnc(-c5ccccc5)n4n3)ccc21. The number of nitrogens with zero attached hydrogens (tertiary/aromatic N) is 4. The molecule has 2 aromatic heterocycles. The fourth-order valence-electron chi connectivity index (χ4n) is 3.31. The van der Waals surface area contributed by atoms with Crippen LogP contribution in [-0.2, 0) is 4.79 Å². The predicted molar refractivity (Wildman–Crippen MR) is 101 cm³/mol. The van der Waals surface area contributed by atoms with Crippen LogP contribution in [0.25, 0.3) is 17.0 Å². The van der Waals surface area contributed by atoms with E-state index in [0.29, 0.717) is 35.3 Å². The second-order valence-electron chi connectivity index (χ2n) is 6.71. The van der Waals surface area contributed by atoms with E-state index in [0.717, 1.165) is 11.1 Å². The monoisotopic (exact) mass is 372 g/mol. The van der Waals surface area contributed by atoms with Crippen LogP contribution in [0, 0.1) is 0 Å². The molecule has 0 saturated heterocycles. The quantitative estimate of drug-likeness (QED) is 0.400. The van der Waals surface area contributed by atoms with E-state index in [1.807, 2.05) is 49.4 Å². The minimum atomic E-state index is -0.228. The summed E-state index contributed by atoms with van der Waals surface area (Å²) in [5, 5.41) is 12.9. The van der Waals surface area contributed by atoms with E-state index < -0.39 is 0 Å². The van der Waals surface area contributed by atoms with Gasteiger partial charge in [0.25, 0.3) is 0 Å². The highest BCUT2D eigenvalue weighted by atomic mass is 16.5. The minimum absolute atomic E-state index is 0.130. The number of hydrogen-bond donors (Lipinski definition) is 0. The van der Waals surface area contributed by atoms with Gasteiger partial charge in [0.05, 0.1) is 6.42 Å². The first-order chi connectivity index (χ1) is 13.7. The highest BCUT2D eigenvalue weighted by molar-refractivity contribution is 5.76. The summed E-state index contributed by atoms with van der Waals surface area (Å²) in [4.78, 5) is 11.7. The summed E-state index contributed by atoms with van der Waals surface area (Å²) < 4.78 is 12.9. The van der Waals surface area contributed by atoms with Gasteiger partial charge in [-0.1, -0.05) is 43.3 Å². The maximum atomic E-state index is 11.7. The van der Waals surface area contributed by atoms with E-state index in [1.165, 1.54) is 0 Å². The van der Waals surface area contributed by atoms with Crippen molar-refractivity contribution in [3.63, 3.8) is 0 Å². The van der Waals surface area contributed by atoms with Crippen LogP contribution in [0.3, 0.4) is 0 Å². The normalized spacial score (nSPS) is 15.9. The molecule has 5 rings (SSSR count). The van der Waals surface area contributed by atoms with Crippen LogP contribution in [-0.4, -0.2) is 25.8 Å². The van der Waals surface area contributed by atoms with Gasteiger partial charge in [0.15, 0.2) is 11.5 Å². The lowest BCUT2D eigenvalue weighted by atomic mass is 9.95. The van der Waals surface area contributed by atoms with Crippen LogP contribution >= 0.6 is 0 Å². The number of aromatic nitrogens is 4. The van der Waals surface area contributed by atoms with Gasteiger partial charge in [-0.2, -0.15) is 4.52 Å². The molecular formula is C21H16N4O3. The van der Waals surface area contributed by atoms with Crippen molar-refractivity contribution in [1.29, 1.82) is 0 Å². The average molecular weight is 372 g/mol. The lowest BCUT2D eigenvalue weighted by Gasteiger charge is -2.21. The maximum Gasteiger partial charge on any atom is 0.311 e. The molecule has 138 valence electrons. The van der Waals surface area contributed by atoms with Gasteiger partial charge in [-0.25, -0.2) is 0 Å². The van der Waals surface area contributed by atoms with Gasteiger partial charge in [0.1, 0.15) is 11.5 Å². The molecule has 28 heavy (non-hydrogen) atoms. The van der Waals surface area contributed by atoms with Crippen molar-refractivity contribution in [2.24, 2.45) is 0 Å². The van der Waals surface area contributed by atoms with Gasteiger partial charge in [-0.05, 0) is 23.6 Å². The molecular weight excluding hydrogens is 356 g/mol. The molecule has 0 N–H and O–H groups in total. The maximum absolute atomic E-state index is 11.7. The molecule has 1 unspecified atom stereocenters. The lowest BCUT2D eigenvalue weighted by molar-refractivity contribution is -0.135. The number of carbonyl (C=O) groups excluding carboxylic acids is 1. The molecule has 0 fully saturated rings. The van der Waals surface area contributed by atoms with Crippen molar-refractivity contribution in [2.45, 2.75) is 19.3 Å². The molecule has 7 nitrogen and oxygen atoms in total. The topological polar surface area (TPSA) is 78.6 Å². The van der Waals surface area contributed by atoms with Gasteiger partial charge < -0.3 is 9.47 Å². The third-order valence-corrected chi connectivity index (χ3v) is 4.71. The number of fused-ring (bicyclic) bond motifs is 2. The lowest BCUT2D eigenvalue weighted by Crippen LogP contribution is -2.18. The van der Waals surface area contributed by atoms with Gasteiger partial charge in [0.2, 0.25) is 5.88 Å². The predicted octanol–water partition coefficient (Wildman–Crippen LogP) is 4.00. The highest BCUT2D eigenvalue weighted by Gasteiger charge is 2.24. The largest absolute Gasteiger partial charge is 0.437 e. The van der Waals surface area contributed by atoms with Crippen LogP contribution in [0.1, 0.15) is 24.8 Å². The van der Waals surface area contributed by atoms with E-state index in [2.05, 4.69) is 15.3 Å². The molecule has 1 aliphatic rings. The Morgan fingerprint density at radius 2 is 1.93 bits per heavy atom. The fraction of sp³-hybridized carbons (Fsp3) is 0.143. The first-order valence-corrected chi connectivity index (χ1v) is 8.98. The average Bonchev–Trinajstić information content (AvgIpc) is 3.11. The van der Waals surface area contributed by atoms with Gasteiger partial charge in [0, 0.05) is 17.7 Å². The second kappa shape index (κ2) is 6.45. The van der Waals surface area contributed by atoms with Crippen LogP contribution in [0.2, 0.25) is 0 Å². The Kier molecular flexibility index (Phi) is 3.79. The van der Waals surface area contributed by atoms with Crippen molar-refractivity contribution in [3.8, 4) is 28.8 Å². The number of hydrogen-bond acceptors (Lipinski definition) is 6. The van der Waals surface area contributed by atoms with E-state index in [9.17, 15) is 4.79 Å². The Labute approximate surface area is 160 Å². The molecule has 0 bridgehead atoms. The van der Waals surface area contributed by atoms with Gasteiger partial charge in [-0.3, -0.25) is 4.79 Å². The highest BCUT2D eigenvalue weighted by Crippen LogP contribution is 2.37. The molecule has 1 atom stereocenters. The summed E-state index contributed by atoms with van der Waals surface area (Å²) in [6.45, 7) is 2.01. The number of esters is 1. The van der Waals surface area contributed by atoms with E-state index in [4.69, 9.17) is 9.47 Å². The van der Waals surface area contributed by atoms with E-state index in [-0.39, 0.29) is 11.9 Å². The number of ether oxygens (including phenoxy) is 2. The first-order valence-electron chi connectivity index (χ1n) is 8.98. The van der Waals surface area contributed by atoms with Crippen molar-refractivity contribution >= 4 is 11.6 Å². The van der Waals surface area contributed by atoms with Crippen LogP contribution in [0.4, 0.5) is 0 Å². The molecule has 4 aromatic rings. The summed E-state index contributed by atoms with van der Waals surface area (Å²) >= 11 is 0. The van der Waals surface area contributed by atoms with Gasteiger partial charge in [-0.15, -0.1) is 15.3 Å². The summed E-state index contributed by atoms with van der Waals surface area (Å²) in [5.41, 5.74) is 2.54. The minimum Gasteiger partial charge on any atom is -0.437 e. The molecule has 7 heteroatoms. The first kappa shape index (κ1) is 16.4. The summed E-state index contributed by atoms with van der Waals surface area (Å²) in [5.74, 6) is 2.01. The van der Waals surface area contributed by atoms with Crippen molar-refractivity contribution in [3.05, 3.63) is 66.2 Å². The van der Waals surface area contributed by atoms with Crippen molar-refractivity contribution in [2.75, 3.05) is 0 Å². The Morgan fingerprint density at radius 3 is 2.79 bits per heavy atom. The van der Waals surface area contributed by atoms with Gasteiger partial charge >= 0.3 is 5.97 Å². The zero-order valence-electron chi connectivity index (χ0n) is 15.1. The van der Waals surface area contributed by atoms with Crippen molar-refractivity contribution in [1.82, 2.24) is 19.8 Å². The molecule has 0 saturated carbocycles.